The predicted molar refractivity (Wildman–Crippen MR) is 60.4 cm³/mol. The summed E-state index contributed by atoms with van der Waals surface area (Å²) in [4.78, 5) is 0. The van der Waals surface area contributed by atoms with Gasteiger partial charge in [0.05, 0.1) is 12.2 Å². The van der Waals surface area contributed by atoms with Crippen LogP contribution in [0.15, 0.2) is 0 Å². The van der Waals surface area contributed by atoms with Crippen molar-refractivity contribution in [1.29, 1.82) is 0 Å². The highest BCUT2D eigenvalue weighted by atomic mass is 19.3. The maximum atomic E-state index is 12.2. The van der Waals surface area contributed by atoms with Crippen molar-refractivity contribution in [2.24, 2.45) is 0 Å². The van der Waals surface area contributed by atoms with E-state index in [0.717, 1.165) is 25.8 Å². The van der Waals surface area contributed by atoms with E-state index in [2.05, 4.69) is 5.32 Å². The van der Waals surface area contributed by atoms with Gasteiger partial charge in [0.15, 0.2) is 0 Å². The fourth-order valence-electron chi connectivity index (χ4n) is 2.83. The molecule has 1 unspecified atom stereocenters. The summed E-state index contributed by atoms with van der Waals surface area (Å²) in [5.74, 6) is 0. The molecule has 0 aromatic rings. The summed E-state index contributed by atoms with van der Waals surface area (Å²) in [6.07, 6.45) is 0.875. The zero-order chi connectivity index (χ0) is 12.1. The van der Waals surface area contributed by atoms with Crippen molar-refractivity contribution in [2.75, 3.05) is 26.4 Å². The zero-order valence-electron chi connectivity index (χ0n) is 10.1. The van der Waals surface area contributed by atoms with E-state index in [-0.39, 0.29) is 18.1 Å². The van der Waals surface area contributed by atoms with Crippen molar-refractivity contribution in [3.05, 3.63) is 0 Å². The van der Waals surface area contributed by atoms with Crippen molar-refractivity contribution in [3.8, 4) is 0 Å². The maximum absolute atomic E-state index is 12.2. The Hall–Kier alpha value is -0.260. The minimum Gasteiger partial charge on any atom is -0.381 e. The van der Waals surface area contributed by atoms with Crippen LogP contribution in [0.1, 0.15) is 32.1 Å². The molecule has 0 aromatic carbocycles. The molecule has 100 valence electrons. The maximum Gasteiger partial charge on any atom is 0.238 e. The van der Waals surface area contributed by atoms with E-state index in [1.54, 1.807) is 0 Å². The first-order valence-corrected chi connectivity index (χ1v) is 6.46. The molecule has 0 aromatic heterocycles. The first-order valence-electron chi connectivity index (χ1n) is 6.46. The summed E-state index contributed by atoms with van der Waals surface area (Å²) in [7, 11) is 0. The highest BCUT2D eigenvalue weighted by Gasteiger charge is 2.42. The Morgan fingerprint density at radius 1 is 1.24 bits per heavy atom. The Labute approximate surface area is 101 Å². The number of alkyl halides is 2. The molecular formula is C12H21F2NO2. The van der Waals surface area contributed by atoms with Gasteiger partial charge in [-0.15, -0.1) is 0 Å². The van der Waals surface area contributed by atoms with Crippen LogP contribution < -0.4 is 5.32 Å². The zero-order valence-corrected chi connectivity index (χ0v) is 10.1. The molecule has 2 rings (SSSR count). The Morgan fingerprint density at radius 3 is 2.71 bits per heavy atom. The Bertz CT molecular complexity index is 224. The molecule has 2 fully saturated rings. The van der Waals surface area contributed by atoms with E-state index in [1.807, 2.05) is 0 Å². The van der Waals surface area contributed by atoms with Gasteiger partial charge in [-0.3, -0.25) is 0 Å². The molecule has 0 amide bonds. The fraction of sp³-hybridized carbons (Fsp3) is 1.00. The lowest BCUT2D eigenvalue weighted by atomic mass is 9.82. The molecule has 17 heavy (non-hydrogen) atoms. The molecule has 1 atom stereocenters. The van der Waals surface area contributed by atoms with Crippen molar-refractivity contribution in [2.45, 2.75) is 50.2 Å². The first kappa shape index (κ1) is 13.2. The summed E-state index contributed by atoms with van der Waals surface area (Å²) >= 11 is 0. The van der Waals surface area contributed by atoms with Crippen molar-refractivity contribution >= 4 is 0 Å². The van der Waals surface area contributed by atoms with E-state index in [1.165, 1.54) is 0 Å². The highest BCUT2D eigenvalue weighted by Crippen LogP contribution is 2.33. The standard InChI is InChI=1S/C12H21F2NO2/c13-11(14)3-1-2-10-12(17-9-6-15-10)4-7-16-8-5-12/h10-11,15H,1-9H2. The Morgan fingerprint density at radius 2 is 2.00 bits per heavy atom. The number of ether oxygens (including phenoxy) is 2. The van der Waals surface area contributed by atoms with Gasteiger partial charge in [-0.2, -0.15) is 0 Å². The lowest BCUT2D eigenvalue weighted by Crippen LogP contribution is -2.60. The van der Waals surface area contributed by atoms with Crippen LogP contribution in [0.3, 0.4) is 0 Å². The normalized spacial score (nSPS) is 28.8. The van der Waals surface area contributed by atoms with Gasteiger partial charge in [0.2, 0.25) is 6.43 Å². The van der Waals surface area contributed by atoms with Crippen LogP contribution in [0.5, 0.6) is 0 Å². The van der Waals surface area contributed by atoms with Crippen molar-refractivity contribution in [3.63, 3.8) is 0 Å². The van der Waals surface area contributed by atoms with E-state index in [4.69, 9.17) is 9.47 Å². The summed E-state index contributed by atoms with van der Waals surface area (Å²) in [5, 5.41) is 3.43. The molecule has 5 heteroatoms. The third-order valence-corrected chi connectivity index (χ3v) is 3.77. The first-order chi connectivity index (χ1) is 8.23. The summed E-state index contributed by atoms with van der Waals surface area (Å²) in [6, 6.07) is 0.207. The van der Waals surface area contributed by atoms with Gasteiger partial charge in [0, 0.05) is 45.1 Å². The monoisotopic (exact) mass is 249 g/mol. The van der Waals surface area contributed by atoms with Gasteiger partial charge in [-0.1, -0.05) is 0 Å². The fourth-order valence-corrected chi connectivity index (χ4v) is 2.83. The van der Waals surface area contributed by atoms with E-state index >= 15 is 0 Å². The lowest BCUT2D eigenvalue weighted by molar-refractivity contribution is -0.149. The van der Waals surface area contributed by atoms with Gasteiger partial charge in [0.1, 0.15) is 0 Å². The smallest absolute Gasteiger partial charge is 0.238 e. The average Bonchev–Trinajstić information content (AvgIpc) is 2.32. The average molecular weight is 249 g/mol. The predicted octanol–water partition coefficient (Wildman–Crippen LogP) is 1.96. The van der Waals surface area contributed by atoms with Gasteiger partial charge < -0.3 is 14.8 Å². The molecule has 2 heterocycles. The van der Waals surface area contributed by atoms with Crippen LogP contribution in [0.25, 0.3) is 0 Å². The van der Waals surface area contributed by atoms with Gasteiger partial charge >= 0.3 is 0 Å². The number of nitrogens with one attached hydrogen (secondary N) is 1. The minimum atomic E-state index is -2.19. The quantitative estimate of drug-likeness (QED) is 0.826. The molecule has 0 radical (unpaired) electrons. The largest absolute Gasteiger partial charge is 0.381 e. The van der Waals surface area contributed by atoms with E-state index in [9.17, 15) is 8.78 Å². The lowest BCUT2D eigenvalue weighted by Gasteiger charge is -2.46. The van der Waals surface area contributed by atoms with Crippen LogP contribution >= 0.6 is 0 Å². The molecular weight excluding hydrogens is 228 g/mol. The van der Waals surface area contributed by atoms with Gasteiger partial charge in [-0.05, 0) is 12.8 Å². The summed E-state index contributed by atoms with van der Waals surface area (Å²) < 4.78 is 35.6. The third-order valence-electron chi connectivity index (χ3n) is 3.77. The van der Waals surface area contributed by atoms with Crippen molar-refractivity contribution < 1.29 is 18.3 Å². The number of morpholine rings is 1. The van der Waals surface area contributed by atoms with E-state index < -0.39 is 6.43 Å². The number of hydrogen-bond acceptors (Lipinski definition) is 3. The van der Waals surface area contributed by atoms with Crippen LogP contribution in [0.2, 0.25) is 0 Å². The molecule has 1 spiro atoms. The second-order valence-electron chi connectivity index (χ2n) is 4.85. The molecule has 0 aliphatic carbocycles. The molecule has 3 nitrogen and oxygen atoms in total. The topological polar surface area (TPSA) is 30.5 Å². The summed E-state index contributed by atoms with van der Waals surface area (Å²) in [6.45, 7) is 2.97. The van der Waals surface area contributed by atoms with Gasteiger partial charge in [-0.25, -0.2) is 8.78 Å². The van der Waals surface area contributed by atoms with E-state index in [0.29, 0.717) is 26.2 Å². The Kier molecular flexibility index (Phi) is 4.70. The number of rotatable bonds is 4. The van der Waals surface area contributed by atoms with Crippen LogP contribution in [0.4, 0.5) is 8.78 Å². The SMILES string of the molecule is FC(F)CCCC1NCCOC12CCOCC2. The second kappa shape index (κ2) is 6.07. The third kappa shape index (κ3) is 3.36. The van der Waals surface area contributed by atoms with Crippen LogP contribution in [-0.4, -0.2) is 44.4 Å². The van der Waals surface area contributed by atoms with Crippen molar-refractivity contribution in [1.82, 2.24) is 5.32 Å². The van der Waals surface area contributed by atoms with Crippen LogP contribution in [0, 0.1) is 0 Å². The molecule has 2 aliphatic heterocycles. The highest BCUT2D eigenvalue weighted by molar-refractivity contribution is 4.97. The number of hydrogen-bond donors (Lipinski definition) is 1. The second-order valence-corrected chi connectivity index (χ2v) is 4.85. The summed E-state index contributed by atoms with van der Waals surface area (Å²) in [5.41, 5.74) is -0.168. The van der Waals surface area contributed by atoms with Crippen LogP contribution in [-0.2, 0) is 9.47 Å². The molecule has 0 bridgehead atoms. The molecule has 2 aliphatic rings. The molecule has 1 N–H and O–H groups in total. The molecule has 2 saturated heterocycles. The Balaban J connectivity index is 1.87. The minimum absolute atomic E-state index is 0.00917. The van der Waals surface area contributed by atoms with Gasteiger partial charge in [0.25, 0.3) is 0 Å². The number of halogens is 2. The molecule has 0 saturated carbocycles.